The zero-order valence-electron chi connectivity index (χ0n) is 15.8. The van der Waals surface area contributed by atoms with Crippen molar-refractivity contribution in [3.63, 3.8) is 0 Å². The number of ether oxygens (including phenoxy) is 1. The first-order valence-electron chi connectivity index (χ1n) is 9.14. The predicted molar refractivity (Wildman–Crippen MR) is 103 cm³/mol. The van der Waals surface area contributed by atoms with E-state index in [2.05, 4.69) is 15.6 Å². The molecule has 1 fully saturated rings. The fourth-order valence-electron chi connectivity index (χ4n) is 3.55. The lowest BCUT2D eigenvalue weighted by Crippen LogP contribution is -2.55. The molecule has 1 saturated carbocycles. The number of anilines is 1. The molecule has 28 heavy (non-hydrogen) atoms. The molecule has 0 aliphatic heterocycles. The molecule has 0 unspecified atom stereocenters. The fraction of sp³-hybridized carbons (Fsp3) is 0.421. The Morgan fingerprint density at radius 2 is 2.07 bits per heavy atom. The summed E-state index contributed by atoms with van der Waals surface area (Å²) in [7, 11) is 1.31. The van der Waals surface area contributed by atoms with Gasteiger partial charge in [-0.25, -0.2) is 9.59 Å². The number of benzene rings is 1. The zero-order chi connectivity index (χ0) is 20.3. The van der Waals surface area contributed by atoms with Gasteiger partial charge < -0.3 is 25.5 Å². The van der Waals surface area contributed by atoms with Gasteiger partial charge in [0.2, 0.25) is 0 Å². The van der Waals surface area contributed by atoms with Crippen LogP contribution in [0.25, 0.3) is 10.9 Å². The van der Waals surface area contributed by atoms with E-state index in [0.29, 0.717) is 36.2 Å². The number of esters is 1. The number of aromatic nitrogens is 1. The van der Waals surface area contributed by atoms with Crippen molar-refractivity contribution in [1.82, 2.24) is 15.2 Å². The maximum atomic E-state index is 12.3. The number of likely N-dealkylation sites (N-methyl/N-ethyl adjacent to an activating group) is 1. The summed E-state index contributed by atoms with van der Waals surface area (Å²) < 4.78 is 4.81. The Bertz CT molecular complexity index is 888. The highest BCUT2D eigenvalue weighted by Crippen LogP contribution is 2.26. The number of hydrogen-bond acceptors (Lipinski definition) is 5. The van der Waals surface area contributed by atoms with Crippen molar-refractivity contribution in [2.24, 2.45) is 0 Å². The highest BCUT2D eigenvalue weighted by Gasteiger charge is 2.34. The molecule has 2 aromatic rings. The van der Waals surface area contributed by atoms with Crippen LogP contribution in [0.2, 0.25) is 0 Å². The second kappa shape index (κ2) is 8.30. The van der Waals surface area contributed by atoms with Crippen molar-refractivity contribution in [3.05, 3.63) is 30.0 Å². The van der Waals surface area contributed by atoms with E-state index in [4.69, 9.17) is 9.84 Å². The summed E-state index contributed by atoms with van der Waals surface area (Å²) in [4.78, 5) is 40.1. The minimum atomic E-state index is -0.850. The number of hydrogen-bond donors (Lipinski definition) is 4. The van der Waals surface area contributed by atoms with Gasteiger partial charge in [-0.1, -0.05) is 6.92 Å². The summed E-state index contributed by atoms with van der Waals surface area (Å²) in [6, 6.07) is 4.88. The van der Waals surface area contributed by atoms with Crippen LogP contribution < -0.4 is 10.6 Å². The van der Waals surface area contributed by atoms with E-state index in [1.165, 1.54) is 7.11 Å². The van der Waals surface area contributed by atoms with E-state index >= 15 is 0 Å². The van der Waals surface area contributed by atoms with Gasteiger partial charge in [0.15, 0.2) is 0 Å². The number of carbonyl (C=O) groups excluding carboxylic acids is 2. The van der Waals surface area contributed by atoms with Crippen LogP contribution in [0, 0.1) is 0 Å². The molecule has 1 aromatic carbocycles. The number of fused-ring (bicyclic) bond motifs is 1. The number of carbonyl (C=O) groups is 3. The monoisotopic (exact) mass is 388 g/mol. The number of carboxylic acids is 1. The molecule has 1 heterocycles. The first-order chi connectivity index (χ1) is 13.4. The van der Waals surface area contributed by atoms with Crippen molar-refractivity contribution in [2.75, 3.05) is 25.5 Å². The molecule has 0 bridgehead atoms. The summed E-state index contributed by atoms with van der Waals surface area (Å²) in [6.45, 7) is 2.58. The average molecular weight is 388 g/mol. The molecule has 1 aliphatic carbocycles. The number of carboxylic acid groups (broad SMARTS) is 1. The lowest BCUT2D eigenvalue weighted by molar-refractivity contribution is -0.139. The number of H-pyrrole nitrogens is 1. The smallest absolute Gasteiger partial charge is 0.338 e. The molecule has 4 N–H and O–H groups in total. The Morgan fingerprint density at radius 3 is 2.71 bits per heavy atom. The molecule has 3 rings (SSSR count). The Balaban J connectivity index is 1.59. The second-order valence-corrected chi connectivity index (χ2v) is 6.83. The minimum Gasteiger partial charge on any atom is -0.480 e. The molecule has 1 aliphatic rings. The highest BCUT2D eigenvalue weighted by atomic mass is 16.5. The largest absolute Gasteiger partial charge is 0.480 e. The van der Waals surface area contributed by atoms with Gasteiger partial charge in [0, 0.05) is 34.9 Å². The van der Waals surface area contributed by atoms with Gasteiger partial charge in [-0.2, -0.15) is 0 Å². The number of rotatable bonds is 7. The van der Waals surface area contributed by atoms with Crippen LogP contribution in [0.1, 0.15) is 30.1 Å². The summed E-state index contributed by atoms with van der Waals surface area (Å²) in [5, 5.41) is 15.3. The SMILES string of the molecule is CCN(CC(=O)O)C1CC(NC(=O)Nc2cc(C(=O)OC)c3cc[nH]c3c2)C1. The molecule has 0 spiro atoms. The number of methoxy groups -OCH3 is 1. The van der Waals surface area contributed by atoms with Crippen molar-refractivity contribution < 1.29 is 24.2 Å². The molecular weight excluding hydrogens is 364 g/mol. The standard InChI is InChI=1S/C19H24N4O5/c1-3-23(10-17(24)25)13-6-11(7-13)21-19(27)22-12-8-15(18(26)28-2)14-4-5-20-16(14)9-12/h4-5,8-9,11,13,20H,3,6-7,10H2,1-2H3,(H,24,25)(H2,21,22,27). The Kier molecular flexibility index (Phi) is 5.84. The minimum absolute atomic E-state index is 0.00650. The maximum absolute atomic E-state index is 12.3. The summed E-state index contributed by atoms with van der Waals surface area (Å²) in [6.07, 6.45) is 3.13. The van der Waals surface area contributed by atoms with E-state index in [0.717, 1.165) is 5.39 Å². The molecule has 0 saturated heterocycles. The number of nitrogens with zero attached hydrogens (tertiary/aromatic N) is 1. The number of urea groups is 1. The topological polar surface area (TPSA) is 124 Å². The number of aliphatic carboxylic acids is 1. The lowest BCUT2D eigenvalue weighted by Gasteiger charge is -2.42. The number of amides is 2. The highest BCUT2D eigenvalue weighted by molar-refractivity contribution is 6.06. The van der Waals surface area contributed by atoms with Crippen molar-refractivity contribution in [2.45, 2.75) is 31.8 Å². The molecule has 1 aromatic heterocycles. The molecule has 0 radical (unpaired) electrons. The molecule has 0 atom stereocenters. The van der Waals surface area contributed by atoms with Crippen LogP contribution in [0.5, 0.6) is 0 Å². The van der Waals surface area contributed by atoms with E-state index < -0.39 is 11.9 Å². The van der Waals surface area contributed by atoms with Gasteiger partial charge >= 0.3 is 18.0 Å². The summed E-state index contributed by atoms with van der Waals surface area (Å²) >= 11 is 0. The third-order valence-electron chi connectivity index (χ3n) is 5.04. The first-order valence-corrected chi connectivity index (χ1v) is 9.14. The number of aromatic amines is 1. The van der Waals surface area contributed by atoms with Gasteiger partial charge in [-0.3, -0.25) is 9.69 Å². The Morgan fingerprint density at radius 1 is 1.32 bits per heavy atom. The van der Waals surface area contributed by atoms with Gasteiger partial charge in [0.25, 0.3) is 0 Å². The van der Waals surface area contributed by atoms with E-state index in [9.17, 15) is 14.4 Å². The van der Waals surface area contributed by atoms with E-state index in [1.54, 1.807) is 24.4 Å². The summed E-state index contributed by atoms with van der Waals surface area (Å²) in [5.74, 6) is -1.33. The summed E-state index contributed by atoms with van der Waals surface area (Å²) in [5.41, 5.74) is 1.56. The Labute approximate surface area is 162 Å². The normalized spacial score (nSPS) is 18.5. The van der Waals surface area contributed by atoms with Gasteiger partial charge in [-0.05, 0) is 37.6 Å². The first kappa shape index (κ1) is 19.7. The molecule has 2 amide bonds. The van der Waals surface area contributed by atoms with Crippen LogP contribution in [0.15, 0.2) is 24.4 Å². The molecule has 9 heteroatoms. The second-order valence-electron chi connectivity index (χ2n) is 6.83. The van der Waals surface area contributed by atoms with Gasteiger partial charge in [0.05, 0.1) is 19.2 Å². The van der Waals surface area contributed by atoms with Crippen molar-refractivity contribution in [3.8, 4) is 0 Å². The lowest BCUT2D eigenvalue weighted by atomic mass is 9.85. The van der Waals surface area contributed by atoms with E-state index in [1.807, 2.05) is 11.8 Å². The van der Waals surface area contributed by atoms with Gasteiger partial charge in [0.1, 0.15) is 0 Å². The third-order valence-corrected chi connectivity index (χ3v) is 5.04. The quantitative estimate of drug-likeness (QED) is 0.538. The predicted octanol–water partition coefficient (Wildman–Crippen LogP) is 2.01. The third kappa shape index (κ3) is 4.25. The fourth-order valence-corrected chi connectivity index (χ4v) is 3.55. The van der Waals surface area contributed by atoms with Crippen LogP contribution in [0.4, 0.5) is 10.5 Å². The average Bonchev–Trinajstić information content (AvgIpc) is 3.09. The Hall–Kier alpha value is -3.07. The molecule has 9 nitrogen and oxygen atoms in total. The van der Waals surface area contributed by atoms with Crippen LogP contribution in [-0.2, 0) is 9.53 Å². The van der Waals surface area contributed by atoms with Crippen LogP contribution in [-0.4, -0.2) is 65.2 Å². The van der Waals surface area contributed by atoms with Crippen molar-refractivity contribution >= 4 is 34.6 Å². The molecular formula is C19H24N4O5. The number of nitrogens with one attached hydrogen (secondary N) is 3. The van der Waals surface area contributed by atoms with Crippen molar-refractivity contribution in [1.29, 1.82) is 0 Å². The van der Waals surface area contributed by atoms with Gasteiger partial charge in [-0.15, -0.1) is 0 Å². The van der Waals surface area contributed by atoms with Crippen LogP contribution in [0.3, 0.4) is 0 Å². The zero-order valence-corrected chi connectivity index (χ0v) is 15.8. The van der Waals surface area contributed by atoms with Crippen LogP contribution >= 0.6 is 0 Å². The molecule has 150 valence electrons. The maximum Gasteiger partial charge on any atom is 0.338 e. The van der Waals surface area contributed by atoms with E-state index in [-0.39, 0.29) is 24.7 Å².